The van der Waals surface area contributed by atoms with Crippen LogP contribution in [0.15, 0.2) is 36.4 Å². The Bertz CT molecular complexity index is 759. The zero-order valence-corrected chi connectivity index (χ0v) is 13.5. The van der Waals surface area contributed by atoms with Crippen molar-refractivity contribution in [3.63, 3.8) is 0 Å². The van der Waals surface area contributed by atoms with E-state index in [0.717, 1.165) is 11.1 Å². The number of carbonyl (C=O) groups is 2. The minimum Gasteiger partial charge on any atom is -0.279 e. The molecule has 0 aliphatic carbocycles. The van der Waals surface area contributed by atoms with Gasteiger partial charge >= 0.3 is 0 Å². The Morgan fingerprint density at radius 1 is 0.773 bits per heavy atom. The standard InChI is InChI=1S/C18H12Cl2O2/c1-11-9-13(3-5-15(11)19)17(21)7-8-18(22)14-4-6-16(20)12(2)10-14/h3-6,9-10H,1-2H3. The van der Waals surface area contributed by atoms with Crippen molar-refractivity contribution < 1.29 is 9.59 Å². The Kier molecular flexibility index (Phi) is 5.03. The molecule has 0 saturated carbocycles. The minimum atomic E-state index is -0.418. The molecule has 22 heavy (non-hydrogen) atoms. The molecule has 0 spiro atoms. The van der Waals surface area contributed by atoms with E-state index in [-0.39, 0.29) is 0 Å². The predicted molar refractivity (Wildman–Crippen MR) is 88.8 cm³/mol. The second-order valence-electron chi connectivity index (χ2n) is 4.84. The van der Waals surface area contributed by atoms with E-state index in [9.17, 15) is 9.59 Å². The fourth-order valence-corrected chi connectivity index (χ4v) is 2.06. The normalized spacial score (nSPS) is 9.82. The smallest absolute Gasteiger partial charge is 0.236 e. The van der Waals surface area contributed by atoms with Crippen LogP contribution in [0, 0.1) is 25.7 Å². The van der Waals surface area contributed by atoms with Gasteiger partial charge in [0.25, 0.3) is 0 Å². The SMILES string of the molecule is Cc1cc(C(=O)C#CC(=O)c2ccc(Cl)c(C)c2)ccc1Cl. The number of aryl methyl sites for hydroxylation is 2. The second kappa shape index (κ2) is 6.79. The van der Waals surface area contributed by atoms with Crippen LogP contribution in [0.4, 0.5) is 0 Å². The van der Waals surface area contributed by atoms with Crippen LogP contribution in [0.2, 0.25) is 10.0 Å². The number of Topliss-reactive ketones (excluding diaryl/α,β-unsaturated/α-hetero) is 2. The molecule has 0 aromatic heterocycles. The first kappa shape index (κ1) is 16.3. The molecule has 0 fully saturated rings. The van der Waals surface area contributed by atoms with Gasteiger partial charge in [-0.1, -0.05) is 23.2 Å². The summed E-state index contributed by atoms with van der Waals surface area (Å²) in [5, 5.41) is 1.16. The molecule has 0 amide bonds. The van der Waals surface area contributed by atoms with E-state index in [4.69, 9.17) is 23.2 Å². The van der Waals surface area contributed by atoms with E-state index in [1.165, 1.54) is 0 Å². The Hall–Kier alpha value is -2.08. The highest BCUT2D eigenvalue weighted by atomic mass is 35.5. The molecule has 2 nitrogen and oxygen atoms in total. The molecule has 2 rings (SSSR count). The molecule has 2 aromatic carbocycles. The average Bonchev–Trinajstić information content (AvgIpc) is 2.50. The van der Waals surface area contributed by atoms with Gasteiger partial charge in [0.15, 0.2) is 0 Å². The van der Waals surface area contributed by atoms with Crippen LogP contribution in [0.25, 0.3) is 0 Å². The number of hydrogen-bond acceptors (Lipinski definition) is 2. The number of carbonyl (C=O) groups excluding carboxylic acids is 2. The molecule has 0 unspecified atom stereocenters. The van der Waals surface area contributed by atoms with Gasteiger partial charge in [0.2, 0.25) is 11.6 Å². The van der Waals surface area contributed by atoms with Gasteiger partial charge in [-0.2, -0.15) is 0 Å². The molecule has 4 heteroatoms. The lowest BCUT2D eigenvalue weighted by Crippen LogP contribution is -2.00. The van der Waals surface area contributed by atoms with Crippen LogP contribution in [0.1, 0.15) is 31.8 Å². The molecule has 0 atom stereocenters. The van der Waals surface area contributed by atoms with Crippen molar-refractivity contribution in [3.8, 4) is 11.8 Å². The van der Waals surface area contributed by atoms with E-state index in [1.807, 2.05) is 0 Å². The van der Waals surface area contributed by atoms with Crippen molar-refractivity contribution in [2.75, 3.05) is 0 Å². The highest BCUT2D eigenvalue weighted by Crippen LogP contribution is 2.17. The largest absolute Gasteiger partial charge is 0.279 e. The summed E-state index contributed by atoms with van der Waals surface area (Å²) in [6, 6.07) is 9.74. The first-order valence-electron chi connectivity index (χ1n) is 6.51. The Balaban J connectivity index is 2.21. The van der Waals surface area contributed by atoms with Crippen LogP contribution in [-0.2, 0) is 0 Å². The van der Waals surface area contributed by atoms with E-state index in [0.29, 0.717) is 21.2 Å². The fourth-order valence-electron chi connectivity index (χ4n) is 1.83. The third-order valence-electron chi connectivity index (χ3n) is 3.13. The van der Waals surface area contributed by atoms with Gasteiger partial charge in [-0.25, -0.2) is 0 Å². The summed E-state index contributed by atoms with van der Waals surface area (Å²) in [7, 11) is 0. The van der Waals surface area contributed by atoms with Gasteiger partial charge in [-0.05, 0) is 73.2 Å². The molecule has 0 aliphatic heterocycles. The fraction of sp³-hybridized carbons (Fsp3) is 0.111. The van der Waals surface area contributed by atoms with Crippen LogP contribution in [-0.4, -0.2) is 11.6 Å². The molecule has 0 bridgehead atoms. The van der Waals surface area contributed by atoms with E-state index >= 15 is 0 Å². The van der Waals surface area contributed by atoms with Crippen molar-refractivity contribution in [1.29, 1.82) is 0 Å². The van der Waals surface area contributed by atoms with E-state index < -0.39 is 11.6 Å². The molecule has 0 aliphatic rings. The maximum absolute atomic E-state index is 12.0. The Labute approximate surface area is 139 Å². The molecular weight excluding hydrogens is 319 g/mol. The summed E-state index contributed by atoms with van der Waals surface area (Å²) < 4.78 is 0. The van der Waals surface area contributed by atoms with Crippen molar-refractivity contribution in [2.24, 2.45) is 0 Å². The summed E-state index contributed by atoms with van der Waals surface area (Å²) >= 11 is 11.8. The summed E-state index contributed by atoms with van der Waals surface area (Å²) in [5.41, 5.74) is 2.40. The van der Waals surface area contributed by atoms with Gasteiger partial charge < -0.3 is 0 Å². The van der Waals surface area contributed by atoms with Crippen molar-refractivity contribution >= 4 is 34.8 Å². The molecule has 0 radical (unpaired) electrons. The molecule has 0 heterocycles. The van der Waals surface area contributed by atoms with E-state index in [1.54, 1.807) is 50.2 Å². The van der Waals surface area contributed by atoms with Gasteiger partial charge in [0, 0.05) is 21.2 Å². The highest BCUT2D eigenvalue weighted by Gasteiger charge is 2.07. The van der Waals surface area contributed by atoms with Crippen LogP contribution >= 0.6 is 23.2 Å². The zero-order valence-electron chi connectivity index (χ0n) is 12.0. The lowest BCUT2D eigenvalue weighted by molar-refractivity contribution is 0.103. The monoisotopic (exact) mass is 330 g/mol. The third kappa shape index (κ3) is 3.76. The van der Waals surface area contributed by atoms with Gasteiger partial charge in [0.05, 0.1) is 0 Å². The highest BCUT2D eigenvalue weighted by molar-refractivity contribution is 6.32. The van der Waals surface area contributed by atoms with E-state index in [2.05, 4.69) is 11.8 Å². The maximum atomic E-state index is 12.0. The predicted octanol–water partition coefficient (Wildman–Crippen LogP) is 4.68. The number of ketones is 2. The summed E-state index contributed by atoms with van der Waals surface area (Å²) in [5.74, 6) is 3.89. The average molecular weight is 331 g/mol. The molecule has 0 saturated heterocycles. The van der Waals surface area contributed by atoms with Crippen LogP contribution < -0.4 is 0 Å². The van der Waals surface area contributed by atoms with Gasteiger partial charge in [-0.15, -0.1) is 0 Å². The van der Waals surface area contributed by atoms with Crippen molar-refractivity contribution in [1.82, 2.24) is 0 Å². The van der Waals surface area contributed by atoms with Crippen molar-refractivity contribution in [3.05, 3.63) is 68.7 Å². The quantitative estimate of drug-likeness (QED) is 0.455. The molecular formula is C18H12Cl2O2. The number of benzene rings is 2. The third-order valence-corrected chi connectivity index (χ3v) is 3.98. The summed E-state index contributed by atoms with van der Waals surface area (Å²) in [4.78, 5) is 23.9. The summed E-state index contributed by atoms with van der Waals surface area (Å²) in [6.07, 6.45) is 0. The molecule has 2 aromatic rings. The molecule has 0 N–H and O–H groups in total. The number of halogens is 2. The molecule has 110 valence electrons. The lowest BCUT2D eigenvalue weighted by atomic mass is 10.1. The van der Waals surface area contributed by atoms with Crippen LogP contribution in [0.5, 0.6) is 0 Å². The zero-order chi connectivity index (χ0) is 16.3. The van der Waals surface area contributed by atoms with Crippen LogP contribution in [0.3, 0.4) is 0 Å². The summed E-state index contributed by atoms with van der Waals surface area (Å²) in [6.45, 7) is 3.60. The number of hydrogen-bond donors (Lipinski definition) is 0. The number of rotatable bonds is 2. The Morgan fingerprint density at radius 3 is 1.45 bits per heavy atom. The van der Waals surface area contributed by atoms with Crippen molar-refractivity contribution in [2.45, 2.75) is 13.8 Å². The first-order valence-corrected chi connectivity index (χ1v) is 7.27. The Morgan fingerprint density at radius 2 is 1.14 bits per heavy atom. The van der Waals surface area contributed by atoms with Gasteiger partial charge in [-0.3, -0.25) is 9.59 Å². The lowest BCUT2D eigenvalue weighted by Gasteiger charge is -2.00. The van der Waals surface area contributed by atoms with Gasteiger partial charge in [0.1, 0.15) is 0 Å². The minimum absolute atomic E-state index is 0.412. The topological polar surface area (TPSA) is 34.1 Å². The first-order chi connectivity index (χ1) is 10.4. The maximum Gasteiger partial charge on any atom is 0.236 e. The second-order valence-corrected chi connectivity index (χ2v) is 5.65.